The second kappa shape index (κ2) is 7.24. The summed E-state index contributed by atoms with van der Waals surface area (Å²) in [6.45, 7) is 2.48. The van der Waals surface area contributed by atoms with Gasteiger partial charge in [-0.1, -0.05) is 48.9 Å². The van der Waals surface area contributed by atoms with Gasteiger partial charge in [0.05, 0.1) is 8.81 Å². The Labute approximate surface area is 142 Å². The lowest BCUT2D eigenvalue weighted by molar-refractivity contribution is 0.574. The molecule has 114 valence electrons. The second-order valence-electron chi connectivity index (χ2n) is 4.69. The Morgan fingerprint density at radius 1 is 1.33 bits per heavy atom. The quantitative estimate of drug-likeness (QED) is 0.757. The fourth-order valence-corrected chi connectivity index (χ4v) is 5.38. The van der Waals surface area contributed by atoms with Crippen LogP contribution in [0.5, 0.6) is 0 Å². The average Bonchev–Trinajstić information content (AvgIpc) is 2.80. The molecule has 1 unspecified atom stereocenters. The van der Waals surface area contributed by atoms with Crippen molar-refractivity contribution in [2.75, 3.05) is 6.54 Å². The third kappa shape index (κ3) is 4.53. The molecule has 2 aromatic rings. The first kappa shape index (κ1) is 17.0. The number of nitrogens with one attached hydrogen (secondary N) is 1. The summed E-state index contributed by atoms with van der Waals surface area (Å²) in [5.41, 5.74) is 1.21. The lowest BCUT2D eigenvalue weighted by Crippen LogP contribution is -2.24. The van der Waals surface area contributed by atoms with Gasteiger partial charge in [-0.15, -0.1) is 11.3 Å². The van der Waals surface area contributed by atoms with Crippen molar-refractivity contribution in [1.29, 1.82) is 0 Å². The van der Waals surface area contributed by atoms with Crippen molar-refractivity contribution in [3.63, 3.8) is 0 Å². The number of rotatable bonds is 6. The number of halogens is 2. The highest BCUT2D eigenvalue weighted by atomic mass is 79.9. The molecule has 0 aliphatic heterocycles. The maximum absolute atomic E-state index is 12.1. The zero-order valence-electron chi connectivity index (χ0n) is 11.3. The van der Waals surface area contributed by atoms with E-state index in [0.717, 1.165) is 17.8 Å². The summed E-state index contributed by atoms with van der Waals surface area (Å²) >= 11 is 10.2. The topological polar surface area (TPSA) is 46.2 Å². The lowest BCUT2D eigenvalue weighted by atomic mass is 9.98. The van der Waals surface area contributed by atoms with Crippen molar-refractivity contribution in [2.45, 2.75) is 23.5 Å². The number of hydrogen-bond donors (Lipinski definition) is 1. The van der Waals surface area contributed by atoms with Gasteiger partial charge in [0, 0.05) is 6.54 Å². The van der Waals surface area contributed by atoms with Crippen molar-refractivity contribution >= 4 is 48.9 Å². The zero-order chi connectivity index (χ0) is 15.5. The van der Waals surface area contributed by atoms with Crippen molar-refractivity contribution in [3.05, 3.63) is 50.8 Å². The average molecular weight is 409 g/mol. The zero-order valence-corrected chi connectivity index (χ0v) is 15.3. The molecule has 21 heavy (non-hydrogen) atoms. The van der Waals surface area contributed by atoms with Crippen LogP contribution >= 0.6 is 38.9 Å². The van der Waals surface area contributed by atoms with Gasteiger partial charge in [-0.25, -0.2) is 13.1 Å². The van der Waals surface area contributed by atoms with Crippen LogP contribution in [0.15, 0.2) is 44.4 Å². The van der Waals surface area contributed by atoms with Crippen LogP contribution in [0.4, 0.5) is 0 Å². The van der Waals surface area contributed by atoms with E-state index in [1.54, 1.807) is 0 Å². The Kier molecular flexibility index (Phi) is 5.85. The van der Waals surface area contributed by atoms with Gasteiger partial charge < -0.3 is 0 Å². The molecule has 0 fully saturated rings. The smallest absolute Gasteiger partial charge is 0.210 e. The lowest BCUT2D eigenvalue weighted by Gasteiger charge is -2.12. The summed E-state index contributed by atoms with van der Waals surface area (Å²) in [5, 5.41) is 0.415. The predicted molar refractivity (Wildman–Crippen MR) is 91.7 cm³/mol. The summed E-state index contributed by atoms with van der Waals surface area (Å²) in [7, 11) is -3.49. The minimum Gasteiger partial charge on any atom is -0.210 e. The highest BCUT2D eigenvalue weighted by Gasteiger charge is 2.19. The third-order valence-corrected chi connectivity index (χ3v) is 7.53. The monoisotopic (exact) mass is 407 g/mol. The van der Waals surface area contributed by atoms with Crippen LogP contribution in [0.3, 0.4) is 0 Å². The highest BCUT2D eigenvalue weighted by molar-refractivity contribution is 9.11. The standard InChI is InChI=1S/C14H15BrClNO2S2/c1-10(11-5-3-2-4-6-11)7-8-17-21(18,19)13-9-12(16)14(15)20-13/h2-6,9-10,17H,7-8H2,1H3. The molecule has 1 heterocycles. The fraction of sp³-hybridized carbons (Fsp3) is 0.286. The summed E-state index contributed by atoms with van der Waals surface area (Å²) in [6.07, 6.45) is 0.740. The van der Waals surface area contributed by atoms with Crippen LogP contribution < -0.4 is 4.72 Å². The van der Waals surface area contributed by atoms with Gasteiger partial charge in [0.15, 0.2) is 0 Å². The molecular formula is C14H15BrClNO2S2. The number of thiophene rings is 1. The van der Waals surface area contributed by atoms with E-state index in [1.807, 2.05) is 18.2 Å². The van der Waals surface area contributed by atoms with Crippen LogP contribution in [-0.4, -0.2) is 15.0 Å². The molecule has 1 atom stereocenters. The van der Waals surface area contributed by atoms with Crippen molar-refractivity contribution in [2.24, 2.45) is 0 Å². The maximum Gasteiger partial charge on any atom is 0.250 e. The van der Waals surface area contributed by atoms with E-state index < -0.39 is 10.0 Å². The molecule has 1 aromatic carbocycles. The Morgan fingerprint density at radius 2 is 2.00 bits per heavy atom. The Bertz CT molecular complexity index is 682. The largest absolute Gasteiger partial charge is 0.250 e. The molecule has 0 saturated heterocycles. The van der Waals surface area contributed by atoms with Crippen LogP contribution in [0.1, 0.15) is 24.8 Å². The Balaban J connectivity index is 1.93. The molecule has 0 aliphatic rings. The van der Waals surface area contributed by atoms with E-state index in [1.165, 1.54) is 11.6 Å². The van der Waals surface area contributed by atoms with E-state index in [2.05, 4.69) is 39.7 Å². The maximum atomic E-state index is 12.1. The molecule has 1 N–H and O–H groups in total. The van der Waals surface area contributed by atoms with Gasteiger partial charge in [-0.2, -0.15) is 0 Å². The first-order valence-electron chi connectivity index (χ1n) is 6.39. The van der Waals surface area contributed by atoms with Gasteiger partial charge in [0.1, 0.15) is 4.21 Å². The van der Waals surface area contributed by atoms with Gasteiger partial charge in [-0.05, 0) is 39.9 Å². The summed E-state index contributed by atoms with van der Waals surface area (Å²) in [4.78, 5) is 0. The molecule has 3 nitrogen and oxygen atoms in total. The molecule has 1 aromatic heterocycles. The molecule has 0 spiro atoms. The summed E-state index contributed by atoms with van der Waals surface area (Å²) < 4.78 is 27.7. The van der Waals surface area contributed by atoms with Gasteiger partial charge in [0.2, 0.25) is 10.0 Å². The van der Waals surface area contributed by atoms with Crippen LogP contribution in [-0.2, 0) is 10.0 Å². The third-order valence-electron chi connectivity index (χ3n) is 3.13. The van der Waals surface area contributed by atoms with E-state index in [0.29, 0.717) is 21.3 Å². The molecule has 0 aliphatic carbocycles. The van der Waals surface area contributed by atoms with Gasteiger partial charge in [0.25, 0.3) is 0 Å². The normalized spacial score (nSPS) is 13.3. The molecular weight excluding hydrogens is 394 g/mol. The number of sulfonamides is 1. The fourth-order valence-electron chi connectivity index (χ4n) is 1.89. The van der Waals surface area contributed by atoms with E-state index in [9.17, 15) is 8.42 Å². The van der Waals surface area contributed by atoms with Gasteiger partial charge >= 0.3 is 0 Å². The van der Waals surface area contributed by atoms with Crippen LogP contribution in [0, 0.1) is 0 Å². The highest BCUT2D eigenvalue weighted by Crippen LogP contribution is 2.34. The molecule has 0 radical (unpaired) electrons. The van der Waals surface area contributed by atoms with Crippen LogP contribution in [0.2, 0.25) is 5.02 Å². The first-order chi connectivity index (χ1) is 9.90. The van der Waals surface area contributed by atoms with Gasteiger partial charge in [-0.3, -0.25) is 0 Å². The summed E-state index contributed by atoms with van der Waals surface area (Å²) in [5.74, 6) is 0.299. The molecule has 2 rings (SSSR count). The molecule has 7 heteroatoms. The molecule has 0 amide bonds. The number of hydrogen-bond acceptors (Lipinski definition) is 3. The number of benzene rings is 1. The Hall–Kier alpha value is -0.400. The van der Waals surface area contributed by atoms with E-state index in [-0.39, 0.29) is 4.21 Å². The molecule has 0 saturated carbocycles. The van der Waals surface area contributed by atoms with Crippen LogP contribution in [0.25, 0.3) is 0 Å². The second-order valence-corrected chi connectivity index (χ2v) is 9.46. The summed E-state index contributed by atoms with van der Waals surface area (Å²) in [6, 6.07) is 11.5. The first-order valence-corrected chi connectivity index (χ1v) is 9.86. The van der Waals surface area contributed by atoms with Crippen molar-refractivity contribution in [1.82, 2.24) is 4.72 Å². The Morgan fingerprint density at radius 3 is 2.57 bits per heavy atom. The minimum absolute atomic E-state index is 0.228. The SMILES string of the molecule is CC(CCNS(=O)(=O)c1cc(Cl)c(Br)s1)c1ccccc1. The van der Waals surface area contributed by atoms with Crippen molar-refractivity contribution in [3.8, 4) is 0 Å². The molecule has 0 bridgehead atoms. The van der Waals surface area contributed by atoms with E-state index >= 15 is 0 Å². The van der Waals surface area contributed by atoms with E-state index in [4.69, 9.17) is 11.6 Å². The van der Waals surface area contributed by atoms with Crippen molar-refractivity contribution < 1.29 is 8.42 Å². The minimum atomic E-state index is -3.49. The predicted octanol–water partition coefficient (Wildman–Crippen LogP) is 4.64.